The van der Waals surface area contributed by atoms with E-state index < -0.39 is 0 Å². The van der Waals surface area contributed by atoms with Gasteiger partial charge in [0.25, 0.3) is 0 Å². The van der Waals surface area contributed by atoms with Crippen LogP contribution in [0.4, 0.5) is 5.82 Å². The highest BCUT2D eigenvalue weighted by molar-refractivity contribution is 5.69. The number of rotatable bonds is 1. The fraction of sp³-hybridized carbons (Fsp3) is 0.429. The molecule has 5 nitrogen and oxygen atoms in total. The first-order valence-corrected chi connectivity index (χ1v) is 8.89. The van der Waals surface area contributed by atoms with Crippen molar-refractivity contribution in [1.29, 1.82) is 0 Å². The first kappa shape index (κ1) is 18.2. The van der Waals surface area contributed by atoms with Gasteiger partial charge in [-0.3, -0.25) is 0 Å². The van der Waals surface area contributed by atoms with Crippen LogP contribution in [0.25, 0.3) is 16.9 Å². The number of aromatic hydroxyl groups is 1. The Morgan fingerprint density at radius 1 is 0.923 bits per heavy atom. The fourth-order valence-electron chi connectivity index (χ4n) is 3.25. The Kier molecular flexibility index (Phi) is 4.02. The molecule has 0 atom stereocenters. The quantitative estimate of drug-likeness (QED) is 0.672. The lowest BCUT2D eigenvalue weighted by molar-refractivity contribution is 0.423. The van der Waals surface area contributed by atoms with Crippen LogP contribution in [0.2, 0.25) is 0 Å². The van der Waals surface area contributed by atoms with Crippen LogP contribution in [0.1, 0.15) is 58.4 Å². The molecule has 0 unspecified atom stereocenters. The molecule has 138 valence electrons. The summed E-state index contributed by atoms with van der Waals surface area (Å²) in [5, 5.41) is 15.4. The van der Waals surface area contributed by atoms with Gasteiger partial charge >= 0.3 is 0 Å². The summed E-state index contributed by atoms with van der Waals surface area (Å²) in [4.78, 5) is 4.51. The van der Waals surface area contributed by atoms with Crippen molar-refractivity contribution >= 4 is 11.5 Å². The third-order valence-corrected chi connectivity index (χ3v) is 4.60. The average molecular weight is 352 g/mol. The summed E-state index contributed by atoms with van der Waals surface area (Å²) in [7, 11) is 0. The van der Waals surface area contributed by atoms with E-state index in [9.17, 15) is 5.11 Å². The normalized spacial score (nSPS) is 12.7. The lowest BCUT2D eigenvalue weighted by Gasteiger charge is -2.28. The third kappa shape index (κ3) is 3.14. The van der Waals surface area contributed by atoms with Crippen LogP contribution in [0.3, 0.4) is 0 Å². The van der Waals surface area contributed by atoms with Gasteiger partial charge in [0.15, 0.2) is 5.65 Å². The van der Waals surface area contributed by atoms with E-state index in [2.05, 4.69) is 63.8 Å². The first-order chi connectivity index (χ1) is 11.9. The number of fused-ring (bicyclic) bond motifs is 1. The van der Waals surface area contributed by atoms with Crippen molar-refractivity contribution in [2.45, 2.75) is 59.3 Å². The van der Waals surface area contributed by atoms with Crippen molar-refractivity contribution in [3.8, 4) is 17.0 Å². The molecule has 3 rings (SSSR count). The molecule has 26 heavy (non-hydrogen) atoms. The van der Waals surface area contributed by atoms with Gasteiger partial charge in [0.1, 0.15) is 11.6 Å². The van der Waals surface area contributed by atoms with Gasteiger partial charge in [0.05, 0.1) is 5.69 Å². The van der Waals surface area contributed by atoms with E-state index >= 15 is 0 Å². The zero-order valence-corrected chi connectivity index (χ0v) is 16.7. The number of aromatic nitrogens is 3. The molecule has 0 saturated carbocycles. The lowest BCUT2D eigenvalue weighted by Crippen LogP contribution is -2.17. The number of nitrogens with zero attached hydrogens (tertiary/aromatic N) is 3. The standard InChI is InChI=1S/C21H28N4O/c1-12-8-16(25-18(23-12)11-17(22)24-25)13-9-14(20(2,3)4)19(26)15(10-13)21(5,6)7/h8-11,26H,1-7H3,(H2,22,24). The Balaban J connectivity index is 2.39. The maximum atomic E-state index is 10.9. The summed E-state index contributed by atoms with van der Waals surface area (Å²) >= 11 is 0. The minimum absolute atomic E-state index is 0.190. The Morgan fingerprint density at radius 3 is 1.96 bits per heavy atom. The second-order valence-electron chi connectivity index (χ2n) is 9.04. The first-order valence-electron chi connectivity index (χ1n) is 8.89. The molecule has 0 bridgehead atoms. The van der Waals surface area contributed by atoms with Gasteiger partial charge in [-0.05, 0) is 36.0 Å². The molecule has 5 heteroatoms. The predicted molar refractivity (Wildman–Crippen MR) is 107 cm³/mol. The minimum Gasteiger partial charge on any atom is -0.507 e. The van der Waals surface area contributed by atoms with Gasteiger partial charge in [-0.1, -0.05) is 41.5 Å². The van der Waals surface area contributed by atoms with Gasteiger partial charge in [-0.15, -0.1) is 5.10 Å². The van der Waals surface area contributed by atoms with Crippen LogP contribution in [-0.2, 0) is 10.8 Å². The molecule has 0 radical (unpaired) electrons. The number of nitrogen functional groups attached to an aromatic ring is 1. The summed E-state index contributed by atoms with van der Waals surface area (Å²) in [5.74, 6) is 0.811. The van der Waals surface area contributed by atoms with E-state index in [1.165, 1.54) is 0 Å². The topological polar surface area (TPSA) is 76.4 Å². The molecule has 0 amide bonds. The van der Waals surface area contributed by atoms with E-state index in [-0.39, 0.29) is 10.8 Å². The molecule has 3 N–H and O–H groups in total. The van der Waals surface area contributed by atoms with Crippen LogP contribution in [-0.4, -0.2) is 19.7 Å². The number of aryl methyl sites for hydroxylation is 1. The van der Waals surface area contributed by atoms with Crippen LogP contribution >= 0.6 is 0 Å². The van der Waals surface area contributed by atoms with Crippen LogP contribution < -0.4 is 5.73 Å². The Bertz CT molecular complexity index is 953. The van der Waals surface area contributed by atoms with Crippen molar-refractivity contribution < 1.29 is 5.11 Å². The molecule has 0 aliphatic heterocycles. The summed E-state index contributed by atoms with van der Waals surface area (Å²) in [6.07, 6.45) is 0. The molecule has 0 aliphatic carbocycles. The van der Waals surface area contributed by atoms with Gasteiger partial charge in [-0.2, -0.15) is 0 Å². The highest BCUT2D eigenvalue weighted by atomic mass is 16.3. The maximum Gasteiger partial charge on any atom is 0.158 e. The molecule has 1 aromatic carbocycles. The van der Waals surface area contributed by atoms with Crippen molar-refractivity contribution in [3.63, 3.8) is 0 Å². The van der Waals surface area contributed by atoms with Crippen molar-refractivity contribution in [3.05, 3.63) is 41.1 Å². The van der Waals surface area contributed by atoms with Gasteiger partial charge < -0.3 is 10.8 Å². The Hall–Kier alpha value is -2.56. The summed E-state index contributed by atoms with van der Waals surface area (Å²) < 4.78 is 1.77. The molecule has 3 aromatic rings. The second kappa shape index (κ2) is 5.73. The SMILES string of the molecule is Cc1cc(-c2cc(C(C)(C)C)c(O)c(C(C)(C)C)c2)n2nc(N)cc2n1. The molecule has 2 aromatic heterocycles. The van der Waals surface area contributed by atoms with E-state index in [1.807, 2.05) is 13.0 Å². The van der Waals surface area contributed by atoms with E-state index in [0.29, 0.717) is 11.6 Å². The average Bonchev–Trinajstić information content (AvgIpc) is 2.84. The number of anilines is 1. The van der Waals surface area contributed by atoms with Crippen LogP contribution in [0, 0.1) is 6.92 Å². The number of phenolic OH excluding ortho intramolecular Hbond substituents is 1. The highest BCUT2D eigenvalue weighted by Crippen LogP contribution is 2.42. The second-order valence-corrected chi connectivity index (χ2v) is 9.04. The van der Waals surface area contributed by atoms with Gasteiger partial charge in [0.2, 0.25) is 0 Å². The highest BCUT2D eigenvalue weighted by Gasteiger charge is 2.27. The third-order valence-electron chi connectivity index (χ3n) is 4.60. The number of hydrogen-bond donors (Lipinski definition) is 2. The summed E-state index contributed by atoms with van der Waals surface area (Å²) in [5.41, 5.74) is 10.9. The molecule has 0 saturated heterocycles. The van der Waals surface area contributed by atoms with Gasteiger partial charge in [-0.25, -0.2) is 9.50 Å². The molecule has 2 heterocycles. The summed E-state index contributed by atoms with van der Waals surface area (Å²) in [6, 6.07) is 7.88. The number of phenols is 1. The van der Waals surface area contributed by atoms with E-state index in [0.717, 1.165) is 33.7 Å². The smallest absolute Gasteiger partial charge is 0.158 e. The number of nitrogens with two attached hydrogens (primary N) is 1. The monoisotopic (exact) mass is 352 g/mol. The van der Waals surface area contributed by atoms with Gasteiger partial charge in [0, 0.05) is 28.5 Å². The molecular formula is C21H28N4O. The molecule has 0 spiro atoms. The maximum absolute atomic E-state index is 10.9. The zero-order valence-electron chi connectivity index (χ0n) is 16.7. The molecule has 0 fully saturated rings. The van der Waals surface area contributed by atoms with Crippen molar-refractivity contribution in [1.82, 2.24) is 14.6 Å². The zero-order chi connectivity index (χ0) is 19.4. The summed E-state index contributed by atoms with van der Waals surface area (Å²) in [6.45, 7) is 14.6. The number of hydrogen-bond acceptors (Lipinski definition) is 4. The van der Waals surface area contributed by atoms with E-state index in [4.69, 9.17) is 5.73 Å². The number of benzene rings is 1. The largest absolute Gasteiger partial charge is 0.507 e. The molecule has 0 aliphatic rings. The van der Waals surface area contributed by atoms with Crippen LogP contribution in [0.15, 0.2) is 24.3 Å². The molecular weight excluding hydrogens is 324 g/mol. The minimum atomic E-state index is -0.190. The Morgan fingerprint density at radius 2 is 1.46 bits per heavy atom. The van der Waals surface area contributed by atoms with Crippen LogP contribution in [0.5, 0.6) is 5.75 Å². The van der Waals surface area contributed by atoms with Crippen molar-refractivity contribution in [2.75, 3.05) is 5.73 Å². The predicted octanol–water partition coefficient (Wildman–Crippen LogP) is 4.59. The van der Waals surface area contributed by atoms with Crippen molar-refractivity contribution in [2.24, 2.45) is 0 Å². The fourth-order valence-corrected chi connectivity index (χ4v) is 3.25. The van der Waals surface area contributed by atoms with E-state index in [1.54, 1.807) is 10.6 Å². The lowest BCUT2D eigenvalue weighted by atomic mass is 9.78. The Labute approximate surface area is 154 Å².